The molecule has 4 rings (SSSR count). The topological polar surface area (TPSA) is 74.6 Å². The molecule has 0 saturated carbocycles. The molecule has 3 aromatic heterocycles. The highest BCUT2D eigenvalue weighted by molar-refractivity contribution is 6.30. The number of nitrogens with zero attached hydrogens (tertiary/aromatic N) is 6. The highest BCUT2D eigenvalue weighted by Gasteiger charge is 2.24. The Hall–Kier alpha value is -2.93. The van der Waals surface area contributed by atoms with Crippen LogP contribution in [0.1, 0.15) is 32.2 Å². The van der Waals surface area contributed by atoms with Crippen molar-refractivity contribution in [3.8, 4) is 28.7 Å². The molecule has 3 heterocycles. The summed E-state index contributed by atoms with van der Waals surface area (Å²) >= 11 is 6.13. The van der Waals surface area contributed by atoms with Crippen LogP contribution in [-0.2, 0) is 12.5 Å². The number of hydrogen-bond donors (Lipinski definition) is 0. The zero-order valence-electron chi connectivity index (χ0n) is 16.4. The van der Waals surface area contributed by atoms with Crippen LogP contribution in [0.5, 0.6) is 0 Å². The Balaban J connectivity index is 1.90. The Labute approximate surface area is 168 Å². The van der Waals surface area contributed by atoms with Crippen LogP contribution < -0.4 is 0 Å². The maximum atomic E-state index is 6.13. The van der Waals surface area contributed by atoms with E-state index in [1.165, 1.54) is 0 Å². The molecule has 1 aromatic carbocycles. The molecule has 0 aliphatic heterocycles. The zero-order chi connectivity index (χ0) is 20.1. The minimum Gasteiger partial charge on any atom is -0.448 e. The summed E-state index contributed by atoms with van der Waals surface area (Å²) in [5.74, 6) is 1.75. The minimum absolute atomic E-state index is 0.205. The van der Waals surface area contributed by atoms with Gasteiger partial charge in [-0.25, -0.2) is 14.6 Å². The minimum atomic E-state index is -0.205. The van der Waals surface area contributed by atoms with Crippen molar-refractivity contribution in [2.24, 2.45) is 7.05 Å². The van der Waals surface area contributed by atoms with Crippen LogP contribution in [-0.4, -0.2) is 29.5 Å². The average molecular weight is 397 g/mol. The Morgan fingerprint density at radius 2 is 1.82 bits per heavy atom. The van der Waals surface area contributed by atoms with E-state index in [1.807, 2.05) is 44.4 Å². The van der Waals surface area contributed by atoms with Gasteiger partial charge in [-0.2, -0.15) is 5.10 Å². The van der Waals surface area contributed by atoms with E-state index in [0.29, 0.717) is 34.0 Å². The molecule has 4 aromatic rings. The summed E-state index contributed by atoms with van der Waals surface area (Å²) in [5.41, 5.74) is 2.95. The molecule has 8 heteroatoms. The number of hydrogen-bond acceptors (Lipinski definition) is 5. The van der Waals surface area contributed by atoms with E-state index in [9.17, 15) is 0 Å². The van der Waals surface area contributed by atoms with Gasteiger partial charge in [-0.3, -0.25) is 4.68 Å². The normalized spacial score (nSPS) is 11.9. The molecule has 0 radical (unpaired) electrons. The molecule has 0 aliphatic carbocycles. The Bertz CT molecular complexity index is 1150. The fourth-order valence-corrected chi connectivity index (χ4v) is 3.09. The smallest absolute Gasteiger partial charge is 0.202 e. The third-order valence-corrected chi connectivity index (χ3v) is 4.55. The van der Waals surface area contributed by atoms with Gasteiger partial charge in [0, 0.05) is 23.7 Å². The van der Waals surface area contributed by atoms with Crippen molar-refractivity contribution < 1.29 is 4.42 Å². The Morgan fingerprint density at radius 3 is 2.43 bits per heavy atom. The highest BCUT2D eigenvalue weighted by Crippen LogP contribution is 2.29. The van der Waals surface area contributed by atoms with Crippen LogP contribution in [0.3, 0.4) is 0 Å². The number of oxazole rings is 1. The van der Waals surface area contributed by atoms with Gasteiger partial charge in [0.25, 0.3) is 0 Å². The van der Waals surface area contributed by atoms with E-state index in [0.717, 1.165) is 11.3 Å². The summed E-state index contributed by atoms with van der Waals surface area (Å²) in [7, 11) is 1.86. The second kappa shape index (κ2) is 6.60. The predicted octanol–water partition coefficient (Wildman–Crippen LogP) is 4.58. The first-order valence-electron chi connectivity index (χ1n) is 8.92. The van der Waals surface area contributed by atoms with Crippen LogP contribution in [0.15, 0.2) is 41.1 Å². The molecule has 28 heavy (non-hydrogen) atoms. The lowest BCUT2D eigenvalue weighted by atomic mass is 9.97. The van der Waals surface area contributed by atoms with Crippen molar-refractivity contribution in [2.75, 3.05) is 0 Å². The van der Waals surface area contributed by atoms with E-state index >= 15 is 0 Å². The van der Waals surface area contributed by atoms with Gasteiger partial charge in [0.15, 0.2) is 11.7 Å². The summed E-state index contributed by atoms with van der Waals surface area (Å²) in [6, 6.07) is 7.52. The van der Waals surface area contributed by atoms with E-state index < -0.39 is 0 Å². The monoisotopic (exact) mass is 396 g/mol. The molecular formula is C20H21ClN6O. The van der Waals surface area contributed by atoms with Crippen LogP contribution in [0, 0.1) is 6.92 Å². The third kappa shape index (κ3) is 3.33. The number of aryl methyl sites for hydroxylation is 2. The molecule has 0 unspecified atom stereocenters. The molecule has 0 aliphatic rings. The SMILES string of the molecule is Cc1cc(Cl)ccc1-n1nc(-c2ccn(C)n2)nc1-c1coc(C(C)(C)C)n1. The molecule has 0 bridgehead atoms. The molecule has 0 N–H and O–H groups in total. The van der Waals surface area contributed by atoms with Crippen molar-refractivity contribution in [3.63, 3.8) is 0 Å². The van der Waals surface area contributed by atoms with Gasteiger partial charge in [-0.15, -0.1) is 5.10 Å². The summed E-state index contributed by atoms with van der Waals surface area (Å²) < 4.78 is 9.19. The number of rotatable bonds is 3. The standard InChI is InChI=1S/C20H21ClN6O/c1-12-10-13(21)6-7-16(12)27-18(15-11-28-19(22-15)20(2,3)4)23-17(25-27)14-8-9-26(5)24-14/h6-11H,1-5H3. The molecule has 7 nitrogen and oxygen atoms in total. The van der Waals surface area contributed by atoms with Gasteiger partial charge in [0.1, 0.15) is 17.7 Å². The van der Waals surface area contributed by atoms with Crippen molar-refractivity contribution in [1.82, 2.24) is 29.5 Å². The van der Waals surface area contributed by atoms with Gasteiger partial charge in [0.05, 0.1) is 5.69 Å². The van der Waals surface area contributed by atoms with Crippen molar-refractivity contribution in [1.29, 1.82) is 0 Å². The first-order chi connectivity index (χ1) is 13.2. The van der Waals surface area contributed by atoms with Crippen LogP contribution in [0.2, 0.25) is 5.02 Å². The molecular weight excluding hydrogens is 376 g/mol. The van der Waals surface area contributed by atoms with Crippen molar-refractivity contribution in [2.45, 2.75) is 33.1 Å². The van der Waals surface area contributed by atoms with Crippen molar-refractivity contribution >= 4 is 11.6 Å². The van der Waals surface area contributed by atoms with E-state index in [4.69, 9.17) is 26.1 Å². The number of halogens is 1. The summed E-state index contributed by atoms with van der Waals surface area (Å²) in [5, 5.41) is 9.80. The average Bonchev–Trinajstić information content (AvgIpc) is 3.31. The van der Waals surface area contributed by atoms with Gasteiger partial charge >= 0.3 is 0 Å². The first-order valence-corrected chi connectivity index (χ1v) is 9.30. The van der Waals surface area contributed by atoms with E-state index in [2.05, 4.69) is 30.9 Å². The van der Waals surface area contributed by atoms with Gasteiger partial charge < -0.3 is 4.42 Å². The summed E-state index contributed by atoms with van der Waals surface area (Å²) in [6.07, 6.45) is 3.48. The number of aromatic nitrogens is 6. The quantitative estimate of drug-likeness (QED) is 0.506. The Kier molecular flexibility index (Phi) is 4.34. The molecule has 0 fully saturated rings. The molecule has 0 spiro atoms. The fourth-order valence-electron chi connectivity index (χ4n) is 2.87. The third-order valence-electron chi connectivity index (χ3n) is 4.31. The predicted molar refractivity (Wildman–Crippen MR) is 108 cm³/mol. The largest absolute Gasteiger partial charge is 0.448 e. The summed E-state index contributed by atoms with van der Waals surface area (Å²) in [4.78, 5) is 9.38. The fraction of sp³-hybridized carbons (Fsp3) is 0.300. The second-order valence-corrected chi connectivity index (χ2v) is 8.20. The van der Waals surface area contributed by atoms with Gasteiger partial charge in [0.2, 0.25) is 5.82 Å². The number of benzene rings is 1. The maximum Gasteiger partial charge on any atom is 0.202 e. The van der Waals surface area contributed by atoms with E-state index in [1.54, 1.807) is 15.6 Å². The Morgan fingerprint density at radius 1 is 1.04 bits per heavy atom. The zero-order valence-corrected chi connectivity index (χ0v) is 17.2. The van der Waals surface area contributed by atoms with Crippen molar-refractivity contribution in [3.05, 3.63) is 53.2 Å². The van der Waals surface area contributed by atoms with Gasteiger partial charge in [-0.05, 0) is 36.8 Å². The highest BCUT2D eigenvalue weighted by atomic mass is 35.5. The van der Waals surface area contributed by atoms with E-state index in [-0.39, 0.29) is 5.41 Å². The lowest BCUT2D eigenvalue weighted by Gasteiger charge is -2.11. The second-order valence-electron chi connectivity index (χ2n) is 7.76. The first kappa shape index (κ1) is 18.4. The molecule has 144 valence electrons. The lowest BCUT2D eigenvalue weighted by molar-refractivity contribution is 0.392. The summed E-state index contributed by atoms with van der Waals surface area (Å²) in [6.45, 7) is 8.14. The van der Waals surface area contributed by atoms with Gasteiger partial charge in [-0.1, -0.05) is 32.4 Å². The van der Waals surface area contributed by atoms with Crippen LogP contribution in [0.4, 0.5) is 0 Å². The molecule has 0 amide bonds. The molecule has 0 atom stereocenters. The maximum absolute atomic E-state index is 6.13. The lowest BCUT2D eigenvalue weighted by Crippen LogP contribution is -2.11. The van der Waals surface area contributed by atoms with Crippen LogP contribution in [0.25, 0.3) is 28.7 Å². The van der Waals surface area contributed by atoms with Crippen LogP contribution >= 0.6 is 11.6 Å². The molecule has 0 saturated heterocycles.